The van der Waals surface area contributed by atoms with E-state index in [1.54, 1.807) is 0 Å². The third kappa shape index (κ3) is 4.44. The lowest BCUT2D eigenvalue weighted by Crippen LogP contribution is -2.42. The van der Waals surface area contributed by atoms with Crippen LogP contribution in [0.25, 0.3) is 0 Å². The first-order chi connectivity index (χ1) is 9.40. The molecule has 0 radical (unpaired) electrons. The van der Waals surface area contributed by atoms with Crippen molar-refractivity contribution in [2.24, 2.45) is 10.6 Å². The highest BCUT2D eigenvalue weighted by Gasteiger charge is 2.37. The van der Waals surface area contributed by atoms with Crippen LogP contribution in [0.3, 0.4) is 0 Å². The zero-order chi connectivity index (χ0) is 14.6. The summed E-state index contributed by atoms with van der Waals surface area (Å²) in [6, 6.07) is 7.49. The zero-order valence-corrected chi connectivity index (χ0v) is 13.5. The molecule has 7 heteroatoms. The highest BCUT2D eigenvalue weighted by Crippen LogP contribution is 2.34. The molecule has 0 atom stereocenters. The molecule has 2 rings (SSSR count). The largest absolute Gasteiger partial charge is 0.492 e. The Morgan fingerprint density at radius 3 is 2.55 bits per heavy atom. The third-order valence-electron chi connectivity index (χ3n) is 3.43. The molecular formula is C13H18BrNO4S. The van der Waals surface area contributed by atoms with Crippen LogP contribution in [-0.2, 0) is 14.8 Å². The van der Waals surface area contributed by atoms with E-state index in [0.717, 1.165) is 4.47 Å². The summed E-state index contributed by atoms with van der Waals surface area (Å²) in [5, 5.41) is 5.22. The maximum absolute atomic E-state index is 11.5. The maximum atomic E-state index is 11.5. The van der Waals surface area contributed by atoms with Gasteiger partial charge < -0.3 is 9.47 Å². The van der Waals surface area contributed by atoms with Gasteiger partial charge in [0.2, 0.25) is 10.0 Å². The first kappa shape index (κ1) is 15.8. The molecule has 1 aromatic carbocycles. The summed E-state index contributed by atoms with van der Waals surface area (Å²) < 4.78 is 34.9. The lowest BCUT2D eigenvalue weighted by atomic mass is 9.83. The number of ether oxygens (including phenoxy) is 2. The first-order valence-corrected chi connectivity index (χ1v) is 8.87. The van der Waals surface area contributed by atoms with Crippen molar-refractivity contribution < 1.29 is 17.9 Å². The van der Waals surface area contributed by atoms with E-state index in [4.69, 9.17) is 14.6 Å². The SMILES string of the molecule is NS(=O)(=O)CC1(COc2ccccc2Br)CCOCC1. The van der Waals surface area contributed by atoms with E-state index in [1.807, 2.05) is 24.3 Å². The number of primary sulfonamides is 1. The number of hydrogen-bond acceptors (Lipinski definition) is 4. The summed E-state index contributed by atoms with van der Waals surface area (Å²) in [5.74, 6) is 0.626. The molecule has 0 aromatic heterocycles. The van der Waals surface area contributed by atoms with Crippen LogP contribution in [0.2, 0.25) is 0 Å². The Morgan fingerprint density at radius 1 is 1.30 bits per heavy atom. The van der Waals surface area contributed by atoms with Gasteiger partial charge in [-0.1, -0.05) is 12.1 Å². The van der Waals surface area contributed by atoms with Gasteiger partial charge in [-0.2, -0.15) is 0 Å². The average Bonchev–Trinajstić information content (AvgIpc) is 2.37. The van der Waals surface area contributed by atoms with Crippen LogP contribution in [0.4, 0.5) is 0 Å². The summed E-state index contributed by atoms with van der Waals surface area (Å²) in [6.07, 6.45) is 1.27. The lowest BCUT2D eigenvalue weighted by Gasteiger charge is -2.36. The van der Waals surface area contributed by atoms with Crippen molar-refractivity contribution in [3.8, 4) is 5.75 Å². The molecular weight excluding hydrogens is 346 g/mol. The van der Waals surface area contributed by atoms with E-state index >= 15 is 0 Å². The number of nitrogens with two attached hydrogens (primary N) is 1. The molecule has 0 aliphatic carbocycles. The predicted molar refractivity (Wildman–Crippen MR) is 80.1 cm³/mol. The zero-order valence-electron chi connectivity index (χ0n) is 11.0. The van der Waals surface area contributed by atoms with E-state index in [9.17, 15) is 8.42 Å². The summed E-state index contributed by atoms with van der Waals surface area (Å²) >= 11 is 3.41. The monoisotopic (exact) mass is 363 g/mol. The molecule has 0 bridgehead atoms. The highest BCUT2D eigenvalue weighted by atomic mass is 79.9. The molecule has 20 heavy (non-hydrogen) atoms. The van der Waals surface area contributed by atoms with Crippen molar-refractivity contribution in [3.63, 3.8) is 0 Å². The summed E-state index contributed by atoms with van der Waals surface area (Å²) in [7, 11) is -3.54. The van der Waals surface area contributed by atoms with Crippen LogP contribution in [0.15, 0.2) is 28.7 Å². The van der Waals surface area contributed by atoms with Crippen molar-refractivity contribution in [2.45, 2.75) is 12.8 Å². The number of benzene rings is 1. The van der Waals surface area contributed by atoms with Gasteiger partial charge in [-0.25, -0.2) is 13.6 Å². The number of hydrogen-bond donors (Lipinski definition) is 1. The molecule has 2 N–H and O–H groups in total. The van der Waals surface area contributed by atoms with E-state index in [1.165, 1.54) is 0 Å². The summed E-state index contributed by atoms with van der Waals surface area (Å²) in [6.45, 7) is 1.39. The second-order valence-corrected chi connectivity index (χ2v) is 7.61. The Morgan fingerprint density at radius 2 is 1.95 bits per heavy atom. The van der Waals surface area contributed by atoms with E-state index in [2.05, 4.69) is 15.9 Å². The van der Waals surface area contributed by atoms with Crippen molar-refractivity contribution in [1.29, 1.82) is 0 Å². The van der Waals surface area contributed by atoms with Gasteiger partial charge >= 0.3 is 0 Å². The second kappa shape index (κ2) is 6.43. The molecule has 1 fully saturated rings. The summed E-state index contributed by atoms with van der Waals surface area (Å²) in [4.78, 5) is 0. The molecule has 0 saturated carbocycles. The van der Waals surface area contributed by atoms with E-state index in [-0.39, 0.29) is 5.75 Å². The second-order valence-electron chi connectivity index (χ2n) is 5.14. The minimum absolute atomic E-state index is 0.0756. The Kier molecular flexibility index (Phi) is 5.06. The fraction of sp³-hybridized carbons (Fsp3) is 0.538. The normalized spacial score (nSPS) is 18.7. The Balaban J connectivity index is 2.10. The molecule has 1 aliphatic rings. The standard InChI is InChI=1S/C13H18BrNO4S/c14-11-3-1-2-4-12(11)19-9-13(10-20(15,16)17)5-7-18-8-6-13/h1-4H,5-10H2,(H2,15,16,17). The van der Waals surface area contributed by atoms with Gasteiger partial charge in [-0.15, -0.1) is 0 Å². The Labute approximate surface area is 127 Å². The van der Waals surface area contributed by atoms with Gasteiger partial charge in [-0.3, -0.25) is 0 Å². The smallest absolute Gasteiger partial charge is 0.209 e. The molecule has 0 spiro atoms. The maximum Gasteiger partial charge on any atom is 0.209 e. The Hall–Kier alpha value is -0.630. The van der Waals surface area contributed by atoms with Crippen LogP contribution in [0, 0.1) is 5.41 Å². The van der Waals surface area contributed by atoms with Gasteiger partial charge in [0.15, 0.2) is 0 Å². The van der Waals surface area contributed by atoms with Crippen LogP contribution in [0.5, 0.6) is 5.75 Å². The molecule has 1 saturated heterocycles. The van der Waals surface area contributed by atoms with Gasteiger partial charge in [0, 0.05) is 18.6 Å². The number of halogens is 1. The van der Waals surface area contributed by atoms with Gasteiger partial charge in [0.25, 0.3) is 0 Å². The predicted octanol–water partition coefficient (Wildman–Crippen LogP) is 1.91. The minimum Gasteiger partial charge on any atom is -0.492 e. The number of para-hydroxylation sites is 1. The first-order valence-electron chi connectivity index (χ1n) is 6.36. The molecule has 0 amide bonds. The fourth-order valence-corrected chi connectivity index (χ4v) is 3.98. The highest BCUT2D eigenvalue weighted by molar-refractivity contribution is 9.10. The van der Waals surface area contributed by atoms with Crippen LogP contribution in [-0.4, -0.2) is 34.0 Å². The van der Waals surface area contributed by atoms with Gasteiger partial charge in [-0.05, 0) is 40.9 Å². The molecule has 1 aliphatic heterocycles. The average molecular weight is 364 g/mol. The van der Waals surface area contributed by atoms with Crippen LogP contribution >= 0.6 is 15.9 Å². The quantitative estimate of drug-likeness (QED) is 0.866. The van der Waals surface area contributed by atoms with E-state index in [0.29, 0.717) is 38.4 Å². The van der Waals surface area contributed by atoms with Crippen LogP contribution in [0.1, 0.15) is 12.8 Å². The molecule has 5 nitrogen and oxygen atoms in total. The summed E-state index contributed by atoms with van der Waals surface area (Å²) in [5.41, 5.74) is -0.471. The van der Waals surface area contributed by atoms with Gasteiger partial charge in [0.05, 0.1) is 16.8 Å². The van der Waals surface area contributed by atoms with Gasteiger partial charge in [0.1, 0.15) is 5.75 Å². The third-order valence-corrected chi connectivity index (χ3v) is 5.10. The molecule has 0 unspecified atom stereocenters. The van der Waals surface area contributed by atoms with Crippen molar-refractivity contribution in [1.82, 2.24) is 0 Å². The van der Waals surface area contributed by atoms with Crippen molar-refractivity contribution in [3.05, 3.63) is 28.7 Å². The fourth-order valence-electron chi connectivity index (χ4n) is 2.35. The van der Waals surface area contributed by atoms with Crippen LogP contribution < -0.4 is 9.88 Å². The minimum atomic E-state index is -3.54. The number of rotatable bonds is 5. The molecule has 112 valence electrons. The molecule has 1 aromatic rings. The Bertz CT molecular complexity index is 555. The molecule has 1 heterocycles. The van der Waals surface area contributed by atoms with Crippen molar-refractivity contribution >= 4 is 26.0 Å². The topological polar surface area (TPSA) is 78.6 Å². The lowest BCUT2D eigenvalue weighted by molar-refractivity contribution is 0.00196. The number of sulfonamides is 1. The van der Waals surface area contributed by atoms with E-state index < -0.39 is 15.4 Å². The van der Waals surface area contributed by atoms with Crippen molar-refractivity contribution in [2.75, 3.05) is 25.6 Å².